The molecule has 32 valence electrons. The summed E-state index contributed by atoms with van der Waals surface area (Å²) in [5.41, 5.74) is 0. The molecule has 1 heterocycles. The average molecular weight is 81.1 g/mol. The van der Waals surface area contributed by atoms with Crippen LogP contribution in [0.15, 0.2) is 18.5 Å². The lowest BCUT2D eigenvalue weighted by Crippen LogP contribution is -1.79. The first-order valence-corrected chi connectivity index (χ1v) is 1.70. The quantitative estimate of drug-likeness (QED) is 0.416. The second-order valence-corrected chi connectivity index (χ2v) is 1.05. The van der Waals surface area contributed by atoms with E-state index in [2.05, 4.69) is 12.1 Å². The largest absolute Gasteiger partial charge is 0.409 e. The van der Waals surface area contributed by atoms with Crippen LogP contribution in [0.5, 0.6) is 0 Å². The van der Waals surface area contributed by atoms with E-state index < -0.39 is 0 Å². The van der Waals surface area contributed by atoms with Crippen LogP contribution in [-0.2, 0) is 0 Å². The van der Waals surface area contributed by atoms with Gasteiger partial charge in [0.25, 0.3) is 0 Å². The third-order valence-corrected chi connectivity index (χ3v) is 0.559. The van der Waals surface area contributed by atoms with Crippen LogP contribution in [0.4, 0.5) is 0 Å². The van der Waals surface area contributed by atoms with Crippen molar-refractivity contribution in [3.8, 4) is 0 Å². The summed E-state index contributed by atoms with van der Waals surface area (Å²) >= 11 is 0. The van der Waals surface area contributed by atoms with Crippen LogP contribution in [0.1, 0.15) is 0 Å². The Morgan fingerprint density at radius 2 is 2.50 bits per heavy atom. The van der Waals surface area contributed by atoms with Gasteiger partial charge < -0.3 is 4.68 Å². The molecule has 0 fully saturated rings. The van der Waals surface area contributed by atoms with E-state index in [9.17, 15) is 0 Å². The molecule has 0 bridgehead atoms. The van der Waals surface area contributed by atoms with Crippen molar-refractivity contribution in [1.29, 1.82) is 0 Å². The normalized spacial score (nSPS) is 8.67. The Bertz CT molecular complexity index is 109. The monoisotopic (exact) mass is 81.0 g/mol. The molecule has 0 N–H and O–H groups in total. The molecule has 0 aliphatic rings. The second kappa shape index (κ2) is 1.05. The van der Waals surface area contributed by atoms with E-state index in [1.54, 1.807) is 12.4 Å². The van der Waals surface area contributed by atoms with Gasteiger partial charge in [0.15, 0.2) is 0 Å². The molecule has 0 saturated heterocycles. The van der Waals surface area contributed by atoms with Crippen LogP contribution >= 0.6 is 0 Å². The van der Waals surface area contributed by atoms with E-state index in [0.717, 1.165) is 0 Å². The lowest BCUT2D eigenvalue weighted by Gasteiger charge is -1.89. The van der Waals surface area contributed by atoms with Crippen molar-refractivity contribution in [2.24, 2.45) is 0 Å². The highest BCUT2D eigenvalue weighted by Crippen LogP contribution is 1.74. The minimum Gasteiger partial charge on any atom is -0.409 e. The molecular formula is C4H5N2-. The first-order chi connectivity index (χ1) is 2.89. The number of hydrogen-bond acceptors (Lipinski definition) is 1. The highest BCUT2D eigenvalue weighted by atomic mass is 15.2. The molecule has 1 aromatic rings. The lowest BCUT2D eigenvalue weighted by atomic mass is 10.8. The van der Waals surface area contributed by atoms with Crippen molar-refractivity contribution in [2.45, 2.75) is 0 Å². The number of aromatic nitrogens is 2. The number of rotatable bonds is 0. The Morgan fingerprint density at radius 1 is 1.67 bits per heavy atom. The van der Waals surface area contributed by atoms with Gasteiger partial charge in [0.05, 0.1) is 0 Å². The van der Waals surface area contributed by atoms with Crippen LogP contribution in [0, 0.1) is 7.05 Å². The predicted molar refractivity (Wildman–Crippen MR) is 23.0 cm³/mol. The van der Waals surface area contributed by atoms with Gasteiger partial charge in [-0.1, -0.05) is 0 Å². The van der Waals surface area contributed by atoms with Crippen LogP contribution in [0.3, 0.4) is 0 Å². The molecule has 1 aromatic heterocycles. The van der Waals surface area contributed by atoms with Crippen LogP contribution < -0.4 is 0 Å². The zero-order valence-corrected chi connectivity index (χ0v) is 3.33. The van der Waals surface area contributed by atoms with Crippen molar-refractivity contribution in [3.05, 3.63) is 25.5 Å². The maximum Gasteiger partial charge on any atom is 0.0281 e. The maximum absolute atomic E-state index is 3.72. The van der Waals surface area contributed by atoms with Gasteiger partial charge in [0, 0.05) is 6.20 Å². The Hall–Kier alpha value is -0.920. The van der Waals surface area contributed by atoms with Gasteiger partial charge >= 0.3 is 0 Å². The summed E-state index contributed by atoms with van der Waals surface area (Å²) in [5.74, 6) is 0. The highest BCUT2D eigenvalue weighted by molar-refractivity contribution is 4.77. The van der Waals surface area contributed by atoms with E-state index in [0.29, 0.717) is 0 Å². The molecular weight excluding hydrogens is 76.1 g/mol. The standard InChI is InChI=1S/C4H5N2/c1-6-4-2-3-5-6/h2-4H,1H2/q-1. The molecule has 0 unspecified atom stereocenters. The van der Waals surface area contributed by atoms with Gasteiger partial charge in [-0.25, -0.2) is 5.10 Å². The summed E-state index contributed by atoms with van der Waals surface area (Å²) in [6, 6.07) is 1.83. The number of hydrogen-bond donors (Lipinski definition) is 0. The smallest absolute Gasteiger partial charge is 0.0281 e. The summed E-state index contributed by atoms with van der Waals surface area (Å²) in [7, 11) is 3.49. The molecule has 0 amide bonds. The maximum atomic E-state index is 3.72. The molecule has 0 aliphatic heterocycles. The van der Waals surface area contributed by atoms with Crippen molar-refractivity contribution in [1.82, 2.24) is 9.78 Å². The fraction of sp³-hybridized carbons (Fsp3) is 0. The van der Waals surface area contributed by atoms with Crippen molar-refractivity contribution < 1.29 is 0 Å². The van der Waals surface area contributed by atoms with E-state index >= 15 is 0 Å². The lowest BCUT2D eigenvalue weighted by molar-refractivity contribution is 0.877. The molecule has 2 nitrogen and oxygen atoms in total. The van der Waals surface area contributed by atoms with Crippen molar-refractivity contribution in [2.75, 3.05) is 0 Å². The van der Waals surface area contributed by atoms with Gasteiger partial charge in [0.2, 0.25) is 0 Å². The summed E-state index contributed by atoms with van der Waals surface area (Å²) in [5, 5.41) is 3.72. The summed E-state index contributed by atoms with van der Waals surface area (Å²) in [4.78, 5) is 0. The van der Waals surface area contributed by atoms with Crippen molar-refractivity contribution in [3.63, 3.8) is 0 Å². The van der Waals surface area contributed by atoms with Crippen molar-refractivity contribution >= 4 is 0 Å². The average Bonchev–Trinajstić information content (AvgIpc) is 1.86. The molecule has 6 heavy (non-hydrogen) atoms. The zero-order chi connectivity index (χ0) is 4.41. The minimum absolute atomic E-state index is 1.50. The van der Waals surface area contributed by atoms with E-state index in [1.807, 2.05) is 6.07 Å². The van der Waals surface area contributed by atoms with Crippen LogP contribution in [0.25, 0.3) is 0 Å². The summed E-state index contributed by atoms with van der Waals surface area (Å²) < 4.78 is 1.50. The van der Waals surface area contributed by atoms with Gasteiger partial charge in [-0.3, -0.25) is 0 Å². The predicted octanol–water partition coefficient (Wildman–Crippen LogP) is 0.523. The molecule has 0 atom stereocenters. The molecule has 1 rings (SSSR count). The first-order valence-electron chi connectivity index (χ1n) is 1.70. The first kappa shape index (κ1) is 3.28. The number of nitrogens with zero attached hydrogens (tertiary/aromatic N) is 2. The Balaban J connectivity index is 3.05. The van der Waals surface area contributed by atoms with E-state index in [4.69, 9.17) is 0 Å². The van der Waals surface area contributed by atoms with Crippen LogP contribution in [0.2, 0.25) is 0 Å². The zero-order valence-electron chi connectivity index (χ0n) is 3.33. The summed E-state index contributed by atoms with van der Waals surface area (Å²) in [6.07, 6.45) is 3.47. The third kappa shape index (κ3) is 0.360. The van der Waals surface area contributed by atoms with Gasteiger partial charge in [-0.15, -0.1) is 12.3 Å². The van der Waals surface area contributed by atoms with E-state index in [-0.39, 0.29) is 0 Å². The molecule has 0 aliphatic carbocycles. The SMILES string of the molecule is [CH2-]n1cccn1. The Morgan fingerprint density at radius 3 is 2.67 bits per heavy atom. The minimum atomic E-state index is 1.50. The molecule has 2 heteroatoms. The topological polar surface area (TPSA) is 17.8 Å². The molecule has 0 radical (unpaired) electrons. The second-order valence-electron chi connectivity index (χ2n) is 1.05. The Kier molecular flexibility index (Phi) is 0.572. The van der Waals surface area contributed by atoms with Gasteiger partial charge in [-0.2, -0.15) is 7.05 Å². The molecule has 0 saturated carbocycles. The van der Waals surface area contributed by atoms with Crippen LogP contribution in [-0.4, -0.2) is 9.78 Å². The fourth-order valence-electron chi connectivity index (χ4n) is 0.300. The summed E-state index contributed by atoms with van der Waals surface area (Å²) in [6.45, 7) is 0. The van der Waals surface area contributed by atoms with Gasteiger partial charge in [0.1, 0.15) is 0 Å². The highest BCUT2D eigenvalue weighted by Gasteiger charge is 1.59. The fourth-order valence-corrected chi connectivity index (χ4v) is 0.300. The van der Waals surface area contributed by atoms with Gasteiger partial charge in [-0.05, 0) is 0 Å². The third-order valence-electron chi connectivity index (χ3n) is 0.559. The Labute approximate surface area is 36.4 Å². The molecule has 0 spiro atoms. The molecule has 0 aromatic carbocycles. The van der Waals surface area contributed by atoms with E-state index in [1.165, 1.54) is 4.68 Å².